The second-order valence-corrected chi connectivity index (χ2v) is 6.79. The van der Waals surface area contributed by atoms with Crippen LogP contribution in [-0.4, -0.2) is 53.1 Å². The molecule has 120 valence electrons. The van der Waals surface area contributed by atoms with E-state index < -0.39 is 0 Å². The third-order valence-electron chi connectivity index (χ3n) is 4.35. The van der Waals surface area contributed by atoms with E-state index in [-0.39, 0.29) is 11.6 Å². The molecule has 1 saturated heterocycles. The number of hydrogen-bond acceptors (Lipinski definition) is 4. The van der Waals surface area contributed by atoms with Crippen LogP contribution in [0.3, 0.4) is 0 Å². The minimum atomic E-state index is -0.00470. The Morgan fingerprint density at radius 3 is 2.62 bits per heavy atom. The van der Waals surface area contributed by atoms with Gasteiger partial charge in [-0.15, -0.1) is 0 Å². The van der Waals surface area contributed by atoms with E-state index in [0.717, 1.165) is 43.9 Å². The minimum Gasteiger partial charge on any atom is -0.379 e. The van der Waals surface area contributed by atoms with Crippen LogP contribution in [0.25, 0.3) is 0 Å². The molecule has 0 bridgehead atoms. The van der Waals surface area contributed by atoms with E-state index in [1.165, 1.54) is 5.69 Å². The van der Waals surface area contributed by atoms with Gasteiger partial charge in [0.2, 0.25) is 0 Å². The van der Waals surface area contributed by atoms with Crippen molar-refractivity contribution < 1.29 is 4.74 Å². The Hall–Kier alpha value is -0.430. The molecule has 0 saturated carbocycles. The molecule has 0 aromatic carbocycles. The normalized spacial score (nSPS) is 18.9. The number of aromatic nitrogens is 2. The van der Waals surface area contributed by atoms with Gasteiger partial charge >= 0.3 is 0 Å². The molecule has 5 nitrogen and oxygen atoms in total. The minimum absolute atomic E-state index is 0.00470. The molecule has 0 amide bonds. The average molecular weight is 359 g/mol. The lowest BCUT2D eigenvalue weighted by molar-refractivity contribution is -0.0247. The number of nitrogens with zero attached hydrogens (tertiary/aromatic N) is 3. The SMILES string of the molecule is CCNC(c1c(Br)cnn1CC)C(C)(C)N1CCOCC1. The maximum Gasteiger partial charge on any atom is 0.0714 e. The van der Waals surface area contributed by atoms with Crippen molar-refractivity contribution in [2.45, 2.75) is 45.8 Å². The molecule has 6 heteroatoms. The zero-order chi connectivity index (χ0) is 15.5. The van der Waals surface area contributed by atoms with Gasteiger partial charge in [-0.3, -0.25) is 9.58 Å². The van der Waals surface area contributed by atoms with E-state index >= 15 is 0 Å². The van der Waals surface area contributed by atoms with Gasteiger partial charge in [0.25, 0.3) is 0 Å². The molecule has 2 heterocycles. The molecule has 1 aromatic rings. The lowest BCUT2D eigenvalue weighted by Gasteiger charge is -2.46. The molecular weight excluding hydrogens is 332 g/mol. The lowest BCUT2D eigenvalue weighted by Crippen LogP contribution is -2.56. The number of ether oxygens (including phenoxy) is 1. The topological polar surface area (TPSA) is 42.3 Å². The van der Waals surface area contributed by atoms with Crippen molar-refractivity contribution in [3.8, 4) is 0 Å². The number of nitrogens with one attached hydrogen (secondary N) is 1. The van der Waals surface area contributed by atoms with Gasteiger partial charge in [0.15, 0.2) is 0 Å². The molecule has 1 N–H and O–H groups in total. The summed E-state index contributed by atoms with van der Waals surface area (Å²) in [6, 6.07) is 0.220. The van der Waals surface area contributed by atoms with Crippen LogP contribution < -0.4 is 5.32 Å². The van der Waals surface area contributed by atoms with Crippen molar-refractivity contribution >= 4 is 15.9 Å². The van der Waals surface area contributed by atoms with Crippen LogP contribution in [0, 0.1) is 0 Å². The molecule has 1 aliphatic rings. The van der Waals surface area contributed by atoms with Gasteiger partial charge in [-0.25, -0.2) is 0 Å². The van der Waals surface area contributed by atoms with Gasteiger partial charge < -0.3 is 10.1 Å². The summed E-state index contributed by atoms with van der Waals surface area (Å²) in [6.07, 6.45) is 1.90. The van der Waals surface area contributed by atoms with E-state index in [2.05, 4.69) is 63.6 Å². The predicted molar refractivity (Wildman–Crippen MR) is 88.5 cm³/mol. The first-order valence-corrected chi connectivity index (χ1v) is 8.59. The van der Waals surface area contributed by atoms with Crippen LogP contribution >= 0.6 is 15.9 Å². The molecule has 2 rings (SSSR count). The summed E-state index contributed by atoms with van der Waals surface area (Å²) in [5, 5.41) is 8.15. The highest BCUT2D eigenvalue weighted by molar-refractivity contribution is 9.10. The summed E-state index contributed by atoms with van der Waals surface area (Å²) in [5.41, 5.74) is 1.23. The van der Waals surface area contributed by atoms with Gasteiger partial charge in [-0.1, -0.05) is 6.92 Å². The molecule has 0 radical (unpaired) electrons. The quantitative estimate of drug-likeness (QED) is 0.847. The fourth-order valence-corrected chi connectivity index (χ4v) is 3.64. The lowest BCUT2D eigenvalue weighted by atomic mass is 9.89. The summed E-state index contributed by atoms with van der Waals surface area (Å²) in [6.45, 7) is 14.3. The Kier molecular flexibility index (Phi) is 5.82. The first-order chi connectivity index (χ1) is 10.0. The predicted octanol–water partition coefficient (Wildman–Crippen LogP) is 2.43. The number of aryl methyl sites for hydroxylation is 1. The van der Waals surface area contributed by atoms with Crippen molar-refractivity contribution in [2.75, 3.05) is 32.8 Å². The van der Waals surface area contributed by atoms with Gasteiger partial charge in [-0.2, -0.15) is 5.10 Å². The van der Waals surface area contributed by atoms with E-state index in [1.807, 2.05) is 6.20 Å². The monoisotopic (exact) mass is 358 g/mol. The first-order valence-electron chi connectivity index (χ1n) is 7.79. The molecule has 1 aliphatic heterocycles. The number of hydrogen-bond donors (Lipinski definition) is 1. The van der Waals surface area contributed by atoms with E-state index in [9.17, 15) is 0 Å². The van der Waals surface area contributed by atoms with E-state index in [0.29, 0.717) is 0 Å². The summed E-state index contributed by atoms with van der Waals surface area (Å²) in [4.78, 5) is 2.52. The Morgan fingerprint density at radius 2 is 2.05 bits per heavy atom. The Bertz CT molecular complexity index is 455. The zero-order valence-corrected chi connectivity index (χ0v) is 15.1. The van der Waals surface area contributed by atoms with Gasteiger partial charge in [0, 0.05) is 25.2 Å². The number of rotatable bonds is 6. The number of halogens is 1. The van der Waals surface area contributed by atoms with Crippen LogP contribution in [0.1, 0.15) is 39.4 Å². The third kappa shape index (κ3) is 3.50. The number of likely N-dealkylation sites (N-methyl/N-ethyl adjacent to an activating group) is 1. The van der Waals surface area contributed by atoms with Crippen molar-refractivity contribution in [2.24, 2.45) is 0 Å². The maximum absolute atomic E-state index is 5.51. The van der Waals surface area contributed by atoms with Gasteiger partial charge in [0.05, 0.1) is 35.6 Å². The van der Waals surface area contributed by atoms with E-state index in [1.54, 1.807) is 0 Å². The van der Waals surface area contributed by atoms with Crippen molar-refractivity contribution in [1.29, 1.82) is 0 Å². The molecule has 1 unspecified atom stereocenters. The molecular formula is C15H27BrN4O. The highest BCUT2D eigenvalue weighted by Gasteiger charge is 2.39. The molecule has 21 heavy (non-hydrogen) atoms. The van der Waals surface area contributed by atoms with Gasteiger partial charge in [-0.05, 0) is 43.2 Å². The van der Waals surface area contributed by atoms with Crippen molar-refractivity contribution in [3.63, 3.8) is 0 Å². The molecule has 0 spiro atoms. The second-order valence-electron chi connectivity index (χ2n) is 5.94. The fraction of sp³-hybridized carbons (Fsp3) is 0.800. The highest BCUT2D eigenvalue weighted by atomic mass is 79.9. The standard InChI is InChI=1S/C15H27BrN4O/c1-5-17-14(13-12(16)11-18-20(13)6-2)15(3,4)19-7-9-21-10-8-19/h11,14,17H,5-10H2,1-4H3. The van der Waals surface area contributed by atoms with Crippen LogP contribution in [0.15, 0.2) is 10.7 Å². The zero-order valence-electron chi connectivity index (χ0n) is 13.5. The van der Waals surface area contributed by atoms with Gasteiger partial charge in [0.1, 0.15) is 0 Å². The van der Waals surface area contributed by atoms with Crippen molar-refractivity contribution in [3.05, 3.63) is 16.4 Å². The summed E-state index contributed by atoms with van der Waals surface area (Å²) in [5.74, 6) is 0. The van der Waals surface area contributed by atoms with Crippen molar-refractivity contribution in [1.82, 2.24) is 20.0 Å². The first kappa shape index (κ1) is 16.9. The fourth-order valence-electron chi connectivity index (χ4n) is 3.12. The van der Waals surface area contributed by atoms with Crippen LogP contribution in [0.5, 0.6) is 0 Å². The molecule has 0 aliphatic carbocycles. The molecule has 1 aromatic heterocycles. The summed E-state index contributed by atoms with van der Waals surface area (Å²) in [7, 11) is 0. The molecule has 1 fully saturated rings. The van der Waals surface area contributed by atoms with E-state index in [4.69, 9.17) is 4.74 Å². The number of morpholine rings is 1. The highest BCUT2D eigenvalue weighted by Crippen LogP contribution is 2.35. The maximum atomic E-state index is 5.51. The van der Waals surface area contributed by atoms with Crippen LogP contribution in [-0.2, 0) is 11.3 Å². The smallest absolute Gasteiger partial charge is 0.0714 e. The Balaban J connectivity index is 2.34. The summed E-state index contributed by atoms with van der Waals surface area (Å²) >= 11 is 3.68. The van der Waals surface area contributed by atoms with Crippen LogP contribution in [0.4, 0.5) is 0 Å². The second kappa shape index (κ2) is 7.22. The Morgan fingerprint density at radius 1 is 1.38 bits per heavy atom. The van der Waals surface area contributed by atoms with Crippen LogP contribution in [0.2, 0.25) is 0 Å². The summed E-state index contributed by atoms with van der Waals surface area (Å²) < 4.78 is 8.67. The average Bonchev–Trinajstić information content (AvgIpc) is 2.86. The largest absolute Gasteiger partial charge is 0.379 e. The Labute approximate surface area is 136 Å². The molecule has 1 atom stereocenters. The third-order valence-corrected chi connectivity index (χ3v) is 4.96.